The van der Waals surface area contributed by atoms with Gasteiger partial charge in [0.2, 0.25) is 5.95 Å². The zero-order chi connectivity index (χ0) is 28.0. The minimum absolute atomic E-state index is 0.158. The molecule has 11 heteroatoms. The van der Waals surface area contributed by atoms with Gasteiger partial charge in [-0.2, -0.15) is 0 Å². The lowest BCUT2D eigenvalue weighted by Crippen LogP contribution is -2.45. The molecule has 0 aliphatic carbocycles. The maximum absolute atomic E-state index is 15.2. The number of benzene rings is 3. The molecule has 2 atom stereocenters. The molecular formula is C29H27ClFN5O4. The van der Waals surface area contributed by atoms with Crippen molar-refractivity contribution >= 4 is 46.3 Å². The van der Waals surface area contributed by atoms with E-state index in [1.54, 1.807) is 42.5 Å². The van der Waals surface area contributed by atoms with Gasteiger partial charge in [0.25, 0.3) is 5.91 Å². The molecule has 1 fully saturated rings. The SMILES string of the molecule is CN1CCCCC1COC(=O)Nc1nc2ccc(C3(O)c4ccccc4C(=O)N3c3cccc(Cl)c3F)cc2[nH]1. The minimum Gasteiger partial charge on any atom is -0.448 e. The molecule has 0 radical (unpaired) electrons. The summed E-state index contributed by atoms with van der Waals surface area (Å²) in [5.74, 6) is -1.23. The highest BCUT2D eigenvalue weighted by molar-refractivity contribution is 6.31. The average molecular weight is 564 g/mol. The summed E-state index contributed by atoms with van der Waals surface area (Å²) in [6.45, 7) is 1.26. The van der Waals surface area contributed by atoms with Crippen molar-refractivity contribution in [3.8, 4) is 0 Å². The highest BCUT2D eigenvalue weighted by Crippen LogP contribution is 2.46. The fourth-order valence-electron chi connectivity index (χ4n) is 5.54. The van der Waals surface area contributed by atoms with E-state index in [9.17, 15) is 14.7 Å². The van der Waals surface area contributed by atoms with Gasteiger partial charge in [-0.25, -0.2) is 14.2 Å². The molecule has 0 spiro atoms. The number of rotatable bonds is 5. The van der Waals surface area contributed by atoms with Crippen LogP contribution in [0.2, 0.25) is 5.02 Å². The minimum atomic E-state index is -2.04. The van der Waals surface area contributed by atoms with Crippen LogP contribution in [0.5, 0.6) is 0 Å². The second-order valence-electron chi connectivity index (χ2n) is 10.1. The highest BCUT2D eigenvalue weighted by Gasteiger charge is 2.51. The third-order valence-corrected chi connectivity index (χ3v) is 7.96. The van der Waals surface area contributed by atoms with E-state index in [0.717, 1.165) is 30.7 Å². The molecule has 2 aliphatic heterocycles. The number of likely N-dealkylation sites (tertiary alicyclic amines) is 1. The van der Waals surface area contributed by atoms with E-state index in [1.165, 1.54) is 18.2 Å². The van der Waals surface area contributed by atoms with Crippen LogP contribution >= 0.6 is 11.6 Å². The predicted octanol–water partition coefficient (Wildman–Crippen LogP) is 5.24. The molecule has 3 aromatic carbocycles. The molecule has 6 rings (SSSR count). The van der Waals surface area contributed by atoms with Crippen LogP contribution in [0.15, 0.2) is 60.7 Å². The topological polar surface area (TPSA) is 111 Å². The standard InChI is InChI=1S/C29H27ClFN5O4/c1-35-14-5-4-7-18(35)16-40-28(38)34-27-32-22-13-12-17(15-23(22)33-27)29(39)20-9-3-2-8-19(20)26(37)36(29)24-11-6-10-21(30)25(24)31/h2-3,6,8-13,15,18,39H,4-5,7,14,16H2,1H3,(H2,32,33,34,38). The van der Waals surface area contributed by atoms with Crippen molar-refractivity contribution in [3.05, 3.63) is 88.2 Å². The fourth-order valence-corrected chi connectivity index (χ4v) is 5.71. The van der Waals surface area contributed by atoms with Crippen LogP contribution in [0.1, 0.15) is 40.7 Å². The molecule has 3 N–H and O–H groups in total. The Morgan fingerprint density at radius 1 is 1.23 bits per heavy atom. The highest BCUT2D eigenvalue weighted by atomic mass is 35.5. The van der Waals surface area contributed by atoms with Crippen LogP contribution in [0, 0.1) is 5.82 Å². The van der Waals surface area contributed by atoms with Crippen LogP contribution in [0.25, 0.3) is 11.0 Å². The quantitative estimate of drug-likeness (QED) is 0.306. The molecule has 2 aliphatic rings. The Morgan fingerprint density at radius 2 is 2.05 bits per heavy atom. The number of anilines is 2. The zero-order valence-corrected chi connectivity index (χ0v) is 22.4. The molecule has 3 heterocycles. The van der Waals surface area contributed by atoms with Gasteiger partial charge in [-0.3, -0.25) is 15.0 Å². The van der Waals surface area contributed by atoms with Crippen LogP contribution in [-0.4, -0.2) is 58.2 Å². The molecule has 2 amide bonds. The number of fused-ring (bicyclic) bond motifs is 2. The number of hydrogen-bond donors (Lipinski definition) is 3. The van der Waals surface area contributed by atoms with Crippen LogP contribution in [0.4, 0.5) is 20.8 Å². The summed E-state index contributed by atoms with van der Waals surface area (Å²) < 4.78 is 20.6. The van der Waals surface area contributed by atoms with Crippen LogP contribution in [0.3, 0.4) is 0 Å². The molecule has 1 saturated heterocycles. The molecular weight excluding hydrogens is 537 g/mol. The average Bonchev–Trinajstić information content (AvgIpc) is 3.45. The van der Waals surface area contributed by atoms with Gasteiger partial charge in [-0.05, 0) is 56.8 Å². The number of nitrogens with one attached hydrogen (secondary N) is 2. The van der Waals surface area contributed by atoms with Crippen molar-refractivity contribution in [2.45, 2.75) is 31.0 Å². The number of likely N-dealkylation sites (N-methyl/N-ethyl adjacent to an activating group) is 1. The number of piperidine rings is 1. The number of aliphatic hydroxyl groups is 1. The van der Waals surface area contributed by atoms with Gasteiger partial charge in [-0.1, -0.05) is 48.4 Å². The van der Waals surface area contributed by atoms with Gasteiger partial charge >= 0.3 is 6.09 Å². The Kier molecular flexibility index (Phi) is 6.69. The third-order valence-electron chi connectivity index (χ3n) is 7.67. The second-order valence-corrected chi connectivity index (χ2v) is 10.5. The number of imidazole rings is 1. The molecule has 206 valence electrons. The maximum Gasteiger partial charge on any atom is 0.414 e. The number of aromatic amines is 1. The molecule has 2 unspecified atom stereocenters. The Labute approximate surface area is 234 Å². The first-order valence-corrected chi connectivity index (χ1v) is 13.4. The van der Waals surface area contributed by atoms with E-state index < -0.39 is 23.5 Å². The Bertz CT molecular complexity index is 1630. The summed E-state index contributed by atoms with van der Waals surface area (Å²) in [5.41, 5.74) is -0.387. The lowest BCUT2D eigenvalue weighted by Gasteiger charge is -2.35. The molecule has 0 bridgehead atoms. The first-order chi connectivity index (χ1) is 19.3. The van der Waals surface area contributed by atoms with Crippen molar-refractivity contribution in [1.29, 1.82) is 0 Å². The normalized spacial score (nSPS) is 21.1. The number of amides is 2. The lowest BCUT2D eigenvalue weighted by atomic mass is 9.93. The molecule has 40 heavy (non-hydrogen) atoms. The van der Waals surface area contributed by atoms with Gasteiger partial charge in [0.15, 0.2) is 11.5 Å². The summed E-state index contributed by atoms with van der Waals surface area (Å²) in [6.07, 6.45) is 2.59. The number of carbonyl (C=O) groups excluding carboxylic acids is 2. The lowest BCUT2D eigenvalue weighted by molar-refractivity contribution is 0.0699. The van der Waals surface area contributed by atoms with Gasteiger partial charge in [0.1, 0.15) is 6.61 Å². The van der Waals surface area contributed by atoms with E-state index in [0.29, 0.717) is 16.6 Å². The number of H-pyrrole nitrogens is 1. The van der Waals surface area contributed by atoms with Gasteiger partial charge in [0, 0.05) is 22.7 Å². The van der Waals surface area contributed by atoms with Crippen LogP contribution in [-0.2, 0) is 10.5 Å². The smallest absolute Gasteiger partial charge is 0.414 e. The van der Waals surface area contributed by atoms with Crippen molar-refractivity contribution in [2.75, 3.05) is 30.4 Å². The van der Waals surface area contributed by atoms with E-state index >= 15 is 4.39 Å². The number of halogens is 2. The van der Waals surface area contributed by atoms with E-state index in [-0.39, 0.29) is 40.4 Å². The fraction of sp³-hybridized carbons (Fsp3) is 0.276. The molecule has 0 saturated carbocycles. The zero-order valence-electron chi connectivity index (χ0n) is 21.7. The first kappa shape index (κ1) is 26.2. The van der Waals surface area contributed by atoms with E-state index in [1.807, 2.05) is 7.05 Å². The number of nitrogens with zero attached hydrogens (tertiary/aromatic N) is 3. The summed E-state index contributed by atoms with van der Waals surface area (Å²) in [6, 6.07) is 15.9. The monoisotopic (exact) mass is 563 g/mol. The largest absolute Gasteiger partial charge is 0.448 e. The predicted molar refractivity (Wildman–Crippen MR) is 149 cm³/mol. The van der Waals surface area contributed by atoms with E-state index in [2.05, 4.69) is 20.2 Å². The molecule has 1 aromatic heterocycles. The van der Waals surface area contributed by atoms with Crippen molar-refractivity contribution in [2.24, 2.45) is 0 Å². The van der Waals surface area contributed by atoms with Gasteiger partial charge in [-0.15, -0.1) is 0 Å². The summed E-state index contributed by atoms with van der Waals surface area (Å²) in [4.78, 5) is 36.6. The number of aromatic nitrogens is 2. The third kappa shape index (κ3) is 4.38. The number of hydrogen-bond acceptors (Lipinski definition) is 6. The number of ether oxygens (including phenoxy) is 1. The molecule has 9 nitrogen and oxygen atoms in total. The van der Waals surface area contributed by atoms with Crippen molar-refractivity contribution in [1.82, 2.24) is 14.9 Å². The van der Waals surface area contributed by atoms with Crippen LogP contribution < -0.4 is 10.2 Å². The summed E-state index contributed by atoms with van der Waals surface area (Å²) in [5, 5.41) is 14.7. The summed E-state index contributed by atoms with van der Waals surface area (Å²) >= 11 is 6.03. The van der Waals surface area contributed by atoms with E-state index in [4.69, 9.17) is 16.3 Å². The van der Waals surface area contributed by atoms with Gasteiger partial charge in [0.05, 0.1) is 21.7 Å². The second kappa shape index (κ2) is 10.2. The van der Waals surface area contributed by atoms with Crippen molar-refractivity contribution < 1.29 is 23.8 Å². The Hall–Kier alpha value is -3.99. The van der Waals surface area contributed by atoms with Crippen molar-refractivity contribution in [3.63, 3.8) is 0 Å². The Morgan fingerprint density at radius 3 is 2.88 bits per heavy atom. The summed E-state index contributed by atoms with van der Waals surface area (Å²) in [7, 11) is 2.02. The first-order valence-electron chi connectivity index (χ1n) is 13.0. The van der Waals surface area contributed by atoms with Gasteiger partial charge < -0.3 is 19.7 Å². The molecule has 4 aromatic rings. The Balaban J connectivity index is 1.31. The maximum atomic E-state index is 15.2. The number of carbonyl (C=O) groups is 2.